The Morgan fingerprint density at radius 3 is 1.25 bits per heavy atom. The maximum atomic E-state index is 12.3. The lowest BCUT2D eigenvalue weighted by atomic mass is 10.1. The van der Waals surface area contributed by atoms with E-state index in [2.05, 4.69) is 38.5 Å². The van der Waals surface area contributed by atoms with Crippen molar-refractivity contribution in [2.45, 2.75) is 57.8 Å². The molecule has 2 aliphatic rings. The number of aromatic nitrogens is 3. The molecule has 6 N–H and O–H groups in total. The van der Waals surface area contributed by atoms with Gasteiger partial charge in [0.05, 0.1) is 57.2 Å². The fraction of sp³-hybridized carbons (Fsp3) is 0.218. The Hall–Kier alpha value is -8.28. The molecule has 0 unspecified atom stereocenters. The van der Waals surface area contributed by atoms with E-state index in [-0.39, 0.29) is 23.6 Å². The second-order valence-electron chi connectivity index (χ2n) is 16.5. The van der Waals surface area contributed by atoms with Crippen LogP contribution in [0.2, 0.25) is 0 Å². The summed E-state index contributed by atoms with van der Waals surface area (Å²) in [7, 11) is 0. The number of carbonyl (C=O) groups excluding carboxylic acids is 4. The van der Waals surface area contributed by atoms with Crippen molar-refractivity contribution in [1.82, 2.24) is 25.2 Å². The van der Waals surface area contributed by atoms with E-state index in [1.54, 1.807) is 54.6 Å². The minimum atomic E-state index is -0.300. The predicted octanol–water partition coefficient (Wildman–Crippen LogP) is 10.2. The molecule has 3 aromatic heterocycles. The summed E-state index contributed by atoms with van der Waals surface area (Å²) in [4.78, 5) is 57.6. The van der Waals surface area contributed by atoms with Gasteiger partial charge >= 0.3 is 0 Å². The molecule has 4 amide bonds. The number of amides is 4. The second-order valence-corrected chi connectivity index (χ2v) is 16.9. The van der Waals surface area contributed by atoms with Gasteiger partial charge in [-0.15, -0.1) is 11.6 Å². The van der Waals surface area contributed by atoms with Crippen LogP contribution < -0.4 is 11.1 Å². The smallest absolute Gasteiger partial charge is 0.261 e. The molecule has 0 saturated carbocycles. The Bertz CT molecular complexity index is 3120. The molecule has 10 rings (SSSR count). The number of hydrogen-bond donors (Lipinski definition) is 5. The third kappa shape index (κ3) is 11.6. The highest BCUT2D eigenvalue weighted by atomic mass is 35.5. The molecule has 13 nitrogen and oxygen atoms in total. The third-order valence-electron chi connectivity index (χ3n) is 12.0. The molecule has 2 aliphatic heterocycles. The highest BCUT2D eigenvalue weighted by Gasteiger charge is 2.34. The first-order chi connectivity index (χ1) is 33.7. The molecule has 0 atom stereocenters. The number of benzene rings is 5. The van der Waals surface area contributed by atoms with Crippen molar-refractivity contribution in [2.75, 3.05) is 19.0 Å². The van der Waals surface area contributed by atoms with E-state index < -0.39 is 0 Å². The van der Waals surface area contributed by atoms with Crippen LogP contribution in [0.25, 0.3) is 32.7 Å². The van der Waals surface area contributed by atoms with Gasteiger partial charge in [-0.05, 0) is 160 Å². The first kappa shape index (κ1) is 48.6. The Labute approximate surface area is 404 Å². The number of nitriles is 3. The summed E-state index contributed by atoms with van der Waals surface area (Å²) in [6, 6.07) is 37.3. The van der Waals surface area contributed by atoms with Crippen LogP contribution in [0.1, 0.15) is 113 Å². The number of carbonyl (C=O) groups is 4. The van der Waals surface area contributed by atoms with Gasteiger partial charge in [0, 0.05) is 63.7 Å². The van der Waals surface area contributed by atoms with Gasteiger partial charge in [-0.1, -0.05) is 24.3 Å². The van der Waals surface area contributed by atoms with Crippen LogP contribution >= 0.6 is 11.6 Å². The molecule has 0 fully saturated rings. The number of nitrogens with two attached hydrogens (primary N) is 1. The Kier molecular flexibility index (Phi) is 16.5. The maximum Gasteiger partial charge on any atom is 0.261 e. The summed E-state index contributed by atoms with van der Waals surface area (Å²) in [5.74, 6) is -0.282. The molecular weight excluding hydrogens is 886 g/mol. The quantitative estimate of drug-likeness (QED) is 0.0423. The lowest BCUT2D eigenvalue weighted by Crippen LogP contribution is -2.30. The summed E-state index contributed by atoms with van der Waals surface area (Å²) in [6.45, 7) is 1.17. The van der Waals surface area contributed by atoms with Gasteiger partial charge in [0.1, 0.15) is 0 Å². The normalized spacial score (nSPS) is 12.2. The Morgan fingerprint density at radius 1 is 0.493 bits per heavy atom. The molecule has 0 bridgehead atoms. The zero-order valence-corrected chi connectivity index (χ0v) is 38.7. The third-order valence-corrected chi connectivity index (χ3v) is 12.3. The number of rotatable bonds is 13. The Morgan fingerprint density at radius 2 is 0.870 bits per heavy atom. The van der Waals surface area contributed by atoms with Gasteiger partial charge in [-0.3, -0.25) is 29.4 Å². The number of nitrogens with zero attached hydrogens (tertiary/aromatic N) is 4. The van der Waals surface area contributed by atoms with E-state index in [1.165, 1.54) is 16.0 Å². The van der Waals surface area contributed by atoms with Crippen molar-refractivity contribution >= 4 is 67.9 Å². The summed E-state index contributed by atoms with van der Waals surface area (Å²) in [6.07, 6.45) is 14.8. The van der Waals surface area contributed by atoms with Crippen LogP contribution in [0.3, 0.4) is 0 Å². The molecule has 8 aromatic rings. The molecular formula is C55H50ClN9O4. The monoisotopic (exact) mass is 935 g/mol. The molecule has 69 heavy (non-hydrogen) atoms. The van der Waals surface area contributed by atoms with Gasteiger partial charge in [0.15, 0.2) is 0 Å². The minimum absolute atomic E-state index is 0.198. The minimum Gasteiger partial charge on any atom is -0.361 e. The Balaban J connectivity index is 0.000000143. The average Bonchev–Trinajstić information content (AvgIpc) is 4.21. The number of fused-ring (bicyclic) bond motifs is 5. The molecule has 0 radical (unpaired) electrons. The van der Waals surface area contributed by atoms with Crippen molar-refractivity contribution in [3.05, 3.63) is 177 Å². The number of hydrogen-bond acceptors (Lipinski definition) is 8. The van der Waals surface area contributed by atoms with Crippen LogP contribution in [-0.2, 0) is 19.3 Å². The first-order valence-corrected chi connectivity index (χ1v) is 23.4. The predicted molar refractivity (Wildman–Crippen MR) is 268 cm³/mol. The zero-order valence-electron chi connectivity index (χ0n) is 37.9. The van der Waals surface area contributed by atoms with Crippen molar-refractivity contribution < 1.29 is 19.2 Å². The largest absolute Gasteiger partial charge is 0.361 e. The van der Waals surface area contributed by atoms with E-state index in [1.807, 2.05) is 67.1 Å². The fourth-order valence-corrected chi connectivity index (χ4v) is 8.57. The fourth-order valence-electron chi connectivity index (χ4n) is 8.38. The van der Waals surface area contributed by atoms with Crippen molar-refractivity contribution in [3.63, 3.8) is 0 Å². The van der Waals surface area contributed by atoms with Crippen LogP contribution in [0, 0.1) is 34.0 Å². The summed E-state index contributed by atoms with van der Waals surface area (Å²) < 4.78 is 0. The van der Waals surface area contributed by atoms with Crippen molar-refractivity contribution in [1.29, 1.82) is 15.8 Å². The number of unbranched alkanes of at least 4 members (excludes halogenated alkanes) is 3. The average molecular weight is 937 g/mol. The lowest BCUT2D eigenvalue weighted by molar-refractivity contribution is 0.0650. The lowest BCUT2D eigenvalue weighted by Gasteiger charge is -2.13. The molecule has 5 heterocycles. The number of aryl methyl sites for hydroxylation is 3. The van der Waals surface area contributed by atoms with E-state index in [4.69, 9.17) is 33.1 Å². The van der Waals surface area contributed by atoms with Crippen LogP contribution in [0.15, 0.2) is 122 Å². The van der Waals surface area contributed by atoms with E-state index in [0.717, 1.165) is 103 Å². The van der Waals surface area contributed by atoms with E-state index in [0.29, 0.717) is 51.4 Å². The van der Waals surface area contributed by atoms with Gasteiger partial charge in [0.25, 0.3) is 23.6 Å². The summed E-state index contributed by atoms with van der Waals surface area (Å²) in [5, 5.41) is 32.4. The van der Waals surface area contributed by atoms with Gasteiger partial charge in [-0.2, -0.15) is 15.8 Å². The highest BCUT2D eigenvalue weighted by molar-refractivity contribution is 6.22. The molecule has 0 saturated heterocycles. The van der Waals surface area contributed by atoms with Gasteiger partial charge in [0.2, 0.25) is 0 Å². The number of nitrogens with one attached hydrogen (secondary N) is 4. The first-order valence-electron chi connectivity index (χ1n) is 22.8. The zero-order chi connectivity index (χ0) is 48.7. The van der Waals surface area contributed by atoms with Crippen molar-refractivity contribution in [3.8, 4) is 18.2 Å². The number of halogens is 1. The SMILES string of the molecule is N#Cc1ccc2[nH]cc(CCCCCl)c2c1.N#Cc1ccc2[nH]cc(CCCCN)c2c1.N#Cc1ccc2[nH]cc(CCCCN3C(=O)c4ccccc4C3=O)c2c1.O=C1NC(=O)c2ccccc21. The molecule has 0 aliphatic carbocycles. The van der Waals surface area contributed by atoms with Crippen LogP contribution in [-0.4, -0.2) is 62.5 Å². The standard InChI is InChI=1S/C21H17N3O2.C13H13ClN2.C13H15N3.C8H5NO2/c22-12-14-8-9-19-18(11-14)15(13-23-19)5-3-4-10-24-20(25)16-6-1-2-7-17(16)21(24)26;2*14-6-2-1-3-11-9-16-13-5-4-10(8-15)7-12(11)13;10-7-5-3-1-2-4-6(5)8(11)9-7/h1-2,6-9,11,13,23H,3-5,10H2;4-5,7,9,16H,1-3,6H2;4-5,7,9,16H,1-3,6,14H2;1-4H,(H,9,10,11). The molecule has 5 aromatic carbocycles. The van der Waals surface area contributed by atoms with Gasteiger partial charge < -0.3 is 20.7 Å². The molecule has 346 valence electrons. The second kappa shape index (κ2) is 23.4. The number of aromatic amines is 3. The van der Waals surface area contributed by atoms with Crippen LogP contribution in [0.5, 0.6) is 0 Å². The van der Waals surface area contributed by atoms with Gasteiger partial charge in [-0.25, -0.2) is 0 Å². The maximum absolute atomic E-state index is 12.3. The molecule has 0 spiro atoms. The topological polar surface area (TPSA) is 228 Å². The number of imide groups is 2. The van der Waals surface area contributed by atoms with Crippen molar-refractivity contribution in [2.24, 2.45) is 5.73 Å². The highest BCUT2D eigenvalue weighted by Crippen LogP contribution is 2.26. The van der Waals surface area contributed by atoms with E-state index >= 15 is 0 Å². The number of alkyl halides is 1. The molecule has 14 heteroatoms. The number of H-pyrrole nitrogens is 3. The summed E-state index contributed by atoms with van der Waals surface area (Å²) >= 11 is 5.66. The van der Waals surface area contributed by atoms with E-state index in [9.17, 15) is 19.2 Å². The summed E-state index contributed by atoms with van der Waals surface area (Å²) in [5.41, 5.74) is 16.4. The van der Waals surface area contributed by atoms with Crippen LogP contribution in [0.4, 0.5) is 0 Å².